The van der Waals surface area contributed by atoms with Crippen LogP contribution < -0.4 is 10.0 Å². The lowest BCUT2D eigenvalue weighted by Gasteiger charge is -2.18. The average molecular weight is 447 g/mol. The molecule has 1 saturated heterocycles. The van der Waals surface area contributed by atoms with Crippen molar-refractivity contribution in [3.63, 3.8) is 0 Å². The van der Waals surface area contributed by atoms with Crippen LogP contribution >= 0.6 is 0 Å². The van der Waals surface area contributed by atoms with Crippen LogP contribution in [-0.2, 0) is 35.7 Å². The van der Waals surface area contributed by atoms with Crippen LogP contribution in [0.3, 0.4) is 0 Å². The monoisotopic (exact) mass is 446 g/mol. The Morgan fingerprint density at radius 2 is 1.84 bits per heavy atom. The van der Waals surface area contributed by atoms with Gasteiger partial charge in [0.2, 0.25) is 10.0 Å². The fourth-order valence-corrected chi connectivity index (χ4v) is 4.29. The lowest BCUT2D eigenvalue weighted by Crippen LogP contribution is -2.47. The number of sulfonamides is 1. The molecule has 0 aromatic heterocycles. The molecular weight excluding hydrogens is 420 g/mol. The van der Waals surface area contributed by atoms with Crippen LogP contribution in [0.1, 0.15) is 24.0 Å². The van der Waals surface area contributed by atoms with Gasteiger partial charge in [0.1, 0.15) is 12.1 Å². The quantitative estimate of drug-likeness (QED) is 0.445. The molecular formula is C22H26N2O6S. The van der Waals surface area contributed by atoms with Gasteiger partial charge in [0.15, 0.2) is 0 Å². The Morgan fingerprint density at radius 1 is 1.13 bits per heavy atom. The molecule has 1 aliphatic heterocycles. The standard InChI is InChI=1S/C22H26N2O6S/c1-16-9-11-18(12-10-16)31(27,28)24-20(15-29-14-17-6-3-2-4-7-17)22(26)30-21(25)19-8-5-13-23-19/h2-4,6-7,9-12,19-20,23-24H,5,8,13-15H2,1H3/t19-,20-/m0/s1. The van der Waals surface area contributed by atoms with Gasteiger partial charge in [-0.05, 0) is 44.0 Å². The summed E-state index contributed by atoms with van der Waals surface area (Å²) in [6, 6.07) is 13.5. The minimum Gasteiger partial charge on any atom is -0.391 e. The molecule has 2 N–H and O–H groups in total. The lowest BCUT2D eigenvalue weighted by atomic mass is 10.2. The third-order valence-electron chi connectivity index (χ3n) is 4.86. The van der Waals surface area contributed by atoms with Gasteiger partial charge in [0.05, 0.1) is 18.1 Å². The molecule has 1 aliphatic rings. The molecule has 3 rings (SSSR count). The summed E-state index contributed by atoms with van der Waals surface area (Å²) < 4.78 is 38.3. The maximum Gasteiger partial charge on any atom is 0.334 e. The summed E-state index contributed by atoms with van der Waals surface area (Å²) in [6.45, 7) is 2.39. The molecule has 0 radical (unpaired) electrons. The van der Waals surface area contributed by atoms with E-state index in [4.69, 9.17) is 9.47 Å². The Hall–Kier alpha value is -2.59. The van der Waals surface area contributed by atoms with Crippen molar-refractivity contribution in [2.75, 3.05) is 13.2 Å². The van der Waals surface area contributed by atoms with E-state index in [1.54, 1.807) is 12.1 Å². The highest BCUT2D eigenvalue weighted by Crippen LogP contribution is 2.13. The van der Waals surface area contributed by atoms with Crippen LogP contribution in [0.4, 0.5) is 0 Å². The Kier molecular flexibility index (Phi) is 7.91. The Bertz CT molecular complexity index is 986. The van der Waals surface area contributed by atoms with Crippen LogP contribution in [0.15, 0.2) is 59.5 Å². The molecule has 8 nitrogen and oxygen atoms in total. The number of rotatable bonds is 9. The molecule has 2 aromatic carbocycles. The van der Waals surface area contributed by atoms with Crippen molar-refractivity contribution < 1.29 is 27.5 Å². The van der Waals surface area contributed by atoms with Gasteiger partial charge in [-0.15, -0.1) is 0 Å². The number of aryl methyl sites for hydroxylation is 1. The normalized spacial score (nSPS) is 17.3. The second kappa shape index (κ2) is 10.6. The largest absolute Gasteiger partial charge is 0.391 e. The minimum absolute atomic E-state index is 0.00254. The highest BCUT2D eigenvalue weighted by atomic mass is 32.2. The second-order valence-electron chi connectivity index (χ2n) is 7.38. The van der Waals surface area contributed by atoms with E-state index in [-0.39, 0.29) is 18.1 Å². The Labute approximate surface area is 182 Å². The zero-order valence-electron chi connectivity index (χ0n) is 17.2. The molecule has 0 amide bonds. The van der Waals surface area contributed by atoms with Crippen molar-refractivity contribution in [3.8, 4) is 0 Å². The zero-order valence-corrected chi connectivity index (χ0v) is 18.1. The van der Waals surface area contributed by atoms with Gasteiger partial charge in [0.25, 0.3) is 0 Å². The first-order chi connectivity index (χ1) is 14.8. The van der Waals surface area contributed by atoms with Crippen molar-refractivity contribution in [1.82, 2.24) is 10.0 Å². The van der Waals surface area contributed by atoms with Crippen molar-refractivity contribution in [2.45, 2.75) is 43.4 Å². The molecule has 9 heteroatoms. The predicted molar refractivity (Wildman–Crippen MR) is 114 cm³/mol. The Balaban J connectivity index is 1.69. The number of ether oxygens (including phenoxy) is 2. The predicted octanol–water partition coefficient (Wildman–Crippen LogP) is 1.68. The smallest absolute Gasteiger partial charge is 0.334 e. The van der Waals surface area contributed by atoms with E-state index in [0.717, 1.165) is 17.5 Å². The van der Waals surface area contributed by atoms with E-state index in [1.807, 2.05) is 37.3 Å². The van der Waals surface area contributed by atoms with Crippen molar-refractivity contribution in [2.24, 2.45) is 0 Å². The first-order valence-corrected chi connectivity index (χ1v) is 11.5. The van der Waals surface area contributed by atoms with Crippen LogP contribution in [-0.4, -0.2) is 45.6 Å². The van der Waals surface area contributed by atoms with Gasteiger partial charge < -0.3 is 14.8 Å². The first-order valence-electron chi connectivity index (χ1n) is 10.0. The number of carbonyl (C=O) groups excluding carboxylic acids is 2. The number of nitrogens with one attached hydrogen (secondary N) is 2. The van der Waals surface area contributed by atoms with Crippen LogP contribution in [0.5, 0.6) is 0 Å². The van der Waals surface area contributed by atoms with E-state index in [9.17, 15) is 18.0 Å². The number of esters is 2. The summed E-state index contributed by atoms with van der Waals surface area (Å²) in [7, 11) is -4.03. The highest BCUT2D eigenvalue weighted by Gasteiger charge is 2.32. The second-order valence-corrected chi connectivity index (χ2v) is 9.09. The van der Waals surface area contributed by atoms with E-state index >= 15 is 0 Å². The summed E-state index contributed by atoms with van der Waals surface area (Å²) in [5.74, 6) is -1.72. The number of hydrogen-bond donors (Lipinski definition) is 2. The van der Waals surface area contributed by atoms with Crippen molar-refractivity contribution >= 4 is 22.0 Å². The lowest BCUT2D eigenvalue weighted by molar-refractivity contribution is -0.163. The molecule has 0 unspecified atom stereocenters. The van der Waals surface area contributed by atoms with Crippen molar-refractivity contribution in [3.05, 3.63) is 65.7 Å². The van der Waals surface area contributed by atoms with Crippen molar-refractivity contribution in [1.29, 1.82) is 0 Å². The molecule has 166 valence electrons. The van der Waals surface area contributed by atoms with Gasteiger partial charge in [-0.1, -0.05) is 48.0 Å². The van der Waals surface area contributed by atoms with E-state index in [2.05, 4.69) is 10.0 Å². The molecule has 0 aliphatic carbocycles. The van der Waals surface area contributed by atoms with Gasteiger partial charge in [-0.2, -0.15) is 4.72 Å². The summed E-state index contributed by atoms with van der Waals surface area (Å²) in [5, 5.41) is 2.95. The third-order valence-corrected chi connectivity index (χ3v) is 6.34. The fraction of sp³-hybridized carbons (Fsp3) is 0.364. The molecule has 0 saturated carbocycles. The molecule has 1 fully saturated rings. The van der Waals surface area contributed by atoms with Crippen LogP contribution in [0.2, 0.25) is 0 Å². The van der Waals surface area contributed by atoms with Gasteiger partial charge in [-0.25, -0.2) is 18.0 Å². The third kappa shape index (κ3) is 6.70. The number of benzene rings is 2. The fourth-order valence-electron chi connectivity index (χ4n) is 3.12. The summed E-state index contributed by atoms with van der Waals surface area (Å²) >= 11 is 0. The van der Waals surface area contributed by atoms with Crippen LogP contribution in [0.25, 0.3) is 0 Å². The number of carbonyl (C=O) groups is 2. The average Bonchev–Trinajstić information content (AvgIpc) is 3.29. The van der Waals surface area contributed by atoms with Gasteiger partial charge in [0, 0.05) is 0 Å². The molecule has 0 bridgehead atoms. The SMILES string of the molecule is Cc1ccc(S(=O)(=O)N[C@@H](COCc2ccccc2)C(=O)OC(=O)[C@@H]2CCCN2)cc1. The topological polar surface area (TPSA) is 111 Å². The number of hydrogen-bond acceptors (Lipinski definition) is 7. The first kappa shape index (κ1) is 23.1. The minimum atomic E-state index is -4.03. The van der Waals surface area contributed by atoms with Crippen LogP contribution in [0, 0.1) is 6.92 Å². The summed E-state index contributed by atoms with van der Waals surface area (Å²) in [4.78, 5) is 24.8. The summed E-state index contributed by atoms with van der Waals surface area (Å²) in [5.41, 5.74) is 1.76. The maximum atomic E-state index is 12.8. The highest BCUT2D eigenvalue weighted by molar-refractivity contribution is 7.89. The molecule has 31 heavy (non-hydrogen) atoms. The summed E-state index contributed by atoms with van der Waals surface area (Å²) in [6.07, 6.45) is 1.37. The molecule has 2 atom stereocenters. The zero-order chi connectivity index (χ0) is 22.3. The van der Waals surface area contributed by atoms with E-state index in [1.165, 1.54) is 12.1 Å². The molecule has 2 aromatic rings. The van der Waals surface area contributed by atoms with E-state index in [0.29, 0.717) is 13.0 Å². The van der Waals surface area contributed by atoms with Gasteiger partial charge in [-0.3, -0.25) is 0 Å². The Morgan fingerprint density at radius 3 is 2.48 bits per heavy atom. The maximum absolute atomic E-state index is 12.8. The molecule has 0 spiro atoms. The van der Waals surface area contributed by atoms with E-state index < -0.39 is 34.0 Å². The van der Waals surface area contributed by atoms with Gasteiger partial charge >= 0.3 is 11.9 Å². The molecule has 1 heterocycles.